The molecule has 4 rings (SSSR count). The van der Waals surface area contributed by atoms with Gasteiger partial charge in [0.05, 0.1) is 18.5 Å². The van der Waals surface area contributed by atoms with Crippen molar-refractivity contribution in [2.45, 2.75) is 70.3 Å². The Kier molecular flexibility index (Phi) is 7.18. The van der Waals surface area contributed by atoms with Crippen LogP contribution in [-0.2, 0) is 9.16 Å². The molecule has 4 N–H and O–H groups in total. The predicted molar refractivity (Wildman–Crippen MR) is 142 cm³/mol. The molecule has 0 aliphatic carbocycles. The molecule has 3 heterocycles. The Bertz CT molecular complexity index is 1220. The molecular formula is C25H37N7O3Si. The molecule has 0 bridgehead atoms. The Hall–Kier alpha value is -2.70. The molecule has 194 valence electrons. The molecule has 0 spiro atoms. The molecular weight excluding hydrogens is 474 g/mol. The van der Waals surface area contributed by atoms with Gasteiger partial charge in [-0.05, 0) is 36.8 Å². The predicted octanol–water partition coefficient (Wildman–Crippen LogP) is 3.30. The average molecular weight is 514 g/mol. The molecule has 11 heteroatoms. The Morgan fingerprint density at radius 1 is 1.25 bits per heavy atom. The molecule has 1 saturated heterocycles. The lowest BCUT2D eigenvalue weighted by atomic mass is 10.1. The number of hydrogen-bond acceptors (Lipinski definition) is 8. The zero-order valence-electron chi connectivity index (χ0n) is 22.6. The van der Waals surface area contributed by atoms with Crippen molar-refractivity contribution in [1.82, 2.24) is 24.8 Å². The second-order valence-electron chi connectivity index (χ2n) is 10.5. The van der Waals surface area contributed by atoms with Crippen LogP contribution in [-0.4, -0.2) is 65.1 Å². The second kappa shape index (κ2) is 10.3. The molecule has 1 fully saturated rings. The summed E-state index contributed by atoms with van der Waals surface area (Å²) in [5.41, 5.74) is 7.60. The molecule has 2 aromatic heterocycles. The molecule has 1 aliphatic heterocycles. The number of amides is 1. The smallest absolute Gasteiger partial charge is 0.256 e. The number of hydrogen-bond donors (Lipinski definition) is 3. The summed E-state index contributed by atoms with van der Waals surface area (Å²) in [6.07, 6.45) is 1.79. The summed E-state index contributed by atoms with van der Waals surface area (Å²) in [6, 6.07) is 8.73. The molecule has 1 amide bonds. The van der Waals surface area contributed by atoms with Crippen molar-refractivity contribution < 1.29 is 15.3 Å². The zero-order valence-corrected chi connectivity index (χ0v) is 22.6. The van der Waals surface area contributed by atoms with Gasteiger partial charge in [0.1, 0.15) is 12.4 Å². The van der Waals surface area contributed by atoms with E-state index in [1.165, 1.54) is 6.33 Å². The quantitative estimate of drug-likeness (QED) is 0.391. The van der Waals surface area contributed by atoms with Crippen molar-refractivity contribution in [3.63, 3.8) is 0 Å². The Balaban J connectivity index is 1.70. The van der Waals surface area contributed by atoms with E-state index in [0.717, 1.165) is 0 Å². The van der Waals surface area contributed by atoms with Gasteiger partial charge in [0, 0.05) is 13.5 Å². The fourth-order valence-corrected chi connectivity index (χ4v) is 5.41. The SMILES string of the molecule is [3H]CCN[C@H]1C(O[Si](C)(C)C(C)(C)C)[C@H](n2cnc3c(NC(=O)c4ccccc4)ncnc32)O[C@@H]1CN. The van der Waals surface area contributed by atoms with E-state index >= 15 is 0 Å². The van der Waals surface area contributed by atoms with Gasteiger partial charge in [0.2, 0.25) is 0 Å². The lowest BCUT2D eigenvalue weighted by Gasteiger charge is -2.41. The van der Waals surface area contributed by atoms with Crippen LogP contribution in [0.3, 0.4) is 0 Å². The molecule has 1 aliphatic rings. The van der Waals surface area contributed by atoms with E-state index in [1.807, 2.05) is 10.6 Å². The van der Waals surface area contributed by atoms with Crippen LogP contribution in [0.2, 0.25) is 18.1 Å². The van der Waals surface area contributed by atoms with E-state index in [9.17, 15) is 4.79 Å². The van der Waals surface area contributed by atoms with Crippen molar-refractivity contribution in [3.8, 4) is 0 Å². The maximum atomic E-state index is 12.8. The maximum absolute atomic E-state index is 12.8. The molecule has 10 nitrogen and oxygen atoms in total. The highest BCUT2D eigenvalue weighted by Gasteiger charge is 2.50. The van der Waals surface area contributed by atoms with Gasteiger partial charge in [-0.15, -0.1) is 0 Å². The summed E-state index contributed by atoms with van der Waals surface area (Å²) in [7, 11) is -2.22. The summed E-state index contributed by atoms with van der Waals surface area (Å²) < 4.78 is 22.8. The average Bonchev–Trinajstić information content (AvgIpc) is 3.44. The Labute approximate surface area is 214 Å². The van der Waals surface area contributed by atoms with E-state index in [4.69, 9.17) is 16.3 Å². The van der Waals surface area contributed by atoms with Gasteiger partial charge >= 0.3 is 0 Å². The summed E-state index contributed by atoms with van der Waals surface area (Å²) >= 11 is 0. The highest BCUT2D eigenvalue weighted by Crippen LogP contribution is 2.42. The third-order valence-corrected chi connectivity index (χ3v) is 11.6. The van der Waals surface area contributed by atoms with Gasteiger partial charge in [-0.1, -0.05) is 45.9 Å². The van der Waals surface area contributed by atoms with Gasteiger partial charge in [-0.2, -0.15) is 0 Å². The first-order valence-corrected chi connectivity index (χ1v) is 15.1. The number of likely N-dealkylation sites (N-methyl/N-ethyl adjacent to an activating group) is 1. The van der Waals surface area contributed by atoms with Crippen molar-refractivity contribution in [3.05, 3.63) is 48.5 Å². The number of ether oxygens (including phenoxy) is 1. The molecule has 0 radical (unpaired) electrons. The lowest BCUT2D eigenvalue weighted by molar-refractivity contribution is -0.0285. The first kappa shape index (κ1) is 25.0. The highest BCUT2D eigenvalue weighted by molar-refractivity contribution is 6.74. The maximum Gasteiger partial charge on any atom is 0.256 e. The number of nitrogens with zero attached hydrogens (tertiary/aromatic N) is 4. The van der Waals surface area contributed by atoms with Crippen LogP contribution in [0.4, 0.5) is 5.82 Å². The van der Waals surface area contributed by atoms with Crippen molar-refractivity contribution in [2.24, 2.45) is 5.73 Å². The van der Waals surface area contributed by atoms with Crippen molar-refractivity contribution >= 4 is 31.2 Å². The fraction of sp³-hybridized carbons (Fsp3) is 0.520. The minimum atomic E-state index is -2.22. The largest absolute Gasteiger partial charge is 0.408 e. The molecule has 3 aromatic rings. The van der Waals surface area contributed by atoms with Crippen LogP contribution in [0, 0.1) is 0 Å². The number of imidazole rings is 1. The van der Waals surface area contributed by atoms with E-state index in [1.54, 1.807) is 30.6 Å². The minimum absolute atomic E-state index is 0.0214. The first-order valence-electron chi connectivity index (χ1n) is 12.9. The van der Waals surface area contributed by atoms with Gasteiger partial charge in [0.15, 0.2) is 31.5 Å². The topological polar surface area (TPSA) is 129 Å². The van der Waals surface area contributed by atoms with Crippen LogP contribution in [0.5, 0.6) is 0 Å². The molecule has 1 aromatic carbocycles. The van der Waals surface area contributed by atoms with Crippen LogP contribution in [0.15, 0.2) is 43.0 Å². The zero-order chi connectivity index (χ0) is 26.8. The van der Waals surface area contributed by atoms with Crippen LogP contribution >= 0.6 is 0 Å². The summed E-state index contributed by atoms with van der Waals surface area (Å²) in [4.78, 5) is 26.1. The number of benzene rings is 1. The Morgan fingerprint density at radius 2 is 2.00 bits per heavy atom. The summed E-state index contributed by atoms with van der Waals surface area (Å²) in [5.74, 6) is 0.0333. The van der Waals surface area contributed by atoms with E-state index < -0.39 is 14.5 Å². The number of rotatable bonds is 8. The fourth-order valence-electron chi connectivity index (χ4n) is 4.12. The number of carbonyl (C=O) groups excluding carboxylic acids is 1. The van der Waals surface area contributed by atoms with Gasteiger partial charge in [-0.3, -0.25) is 9.36 Å². The third-order valence-electron chi connectivity index (χ3n) is 7.10. The van der Waals surface area contributed by atoms with Gasteiger partial charge < -0.3 is 25.5 Å². The Morgan fingerprint density at radius 3 is 2.67 bits per heavy atom. The van der Waals surface area contributed by atoms with Crippen LogP contribution in [0.1, 0.15) is 45.6 Å². The number of fused-ring (bicyclic) bond motifs is 1. The van der Waals surface area contributed by atoms with E-state index in [0.29, 0.717) is 35.6 Å². The van der Waals surface area contributed by atoms with Gasteiger partial charge in [0.25, 0.3) is 5.91 Å². The van der Waals surface area contributed by atoms with E-state index in [-0.39, 0.29) is 36.1 Å². The van der Waals surface area contributed by atoms with Crippen LogP contribution in [0.25, 0.3) is 11.2 Å². The minimum Gasteiger partial charge on any atom is -0.408 e. The van der Waals surface area contributed by atoms with E-state index in [2.05, 4.69) is 59.5 Å². The standard InChI is InChI=1S/C25H37N7O3Si/c1-7-27-18-17(13-26)34-24(20(18)35-36(5,6)25(2,3)4)32-15-30-19-21(28-14-29-22(19)32)31-23(33)16-11-9-8-10-12-16/h8-12,14-15,17-18,20,24,27H,7,13,26H2,1-6H3,(H,28,29,31,33)/t17-,18-,20?,24-/m1/s1/i1T. The highest BCUT2D eigenvalue weighted by atomic mass is 28.4. The molecule has 1 unspecified atom stereocenters. The molecule has 0 saturated carbocycles. The molecule has 36 heavy (non-hydrogen) atoms. The first-order chi connectivity index (χ1) is 17.6. The normalized spacial score (nSPS) is 23.1. The lowest BCUT2D eigenvalue weighted by Crippen LogP contribution is -2.53. The number of aromatic nitrogens is 4. The van der Waals surface area contributed by atoms with Crippen molar-refractivity contribution in [1.29, 1.82) is 0 Å². The summed E-state index contributed by atoms with van der Waals surface area (Å²) in [6.45, 7) is 12.0. The number of nitrogens with one attached hydrogen (secondary N) is 2. The van der Waals surface area contributed by atoms with Crippen molar-refractivity contribution in [2.75, 3.05) is 18.4 Å². The third kappa shape index (κ3) is 5.07. The second-order valence-corrected chi connectivity index (χ2v) is 15.2. The van der Waals surface area contributed by atoms with Gasteiger partial charge in [-0.25, -0.2) is 15.0 Å². The number of anilines is 1. The monoisotopic (exact) mass is 513 g/mol. The summed E-state index contributed by atoms with van der Waals surface area (Å²) in [5, 5.41) is 6.26. The molecule has 4 atom stereocenters. The number of carbonyl (C=O) groups is 1. The van der Waals surface area contributed by atoms with Crippen LogP contribution < -0.4 is 16.4 Å². The number of nitrogens with two attached hydrogens (primary N) is 1.